The third kappa shape index (κ3) is 6.01. The maximum absolute atomic E-state index is 14.8. The lowest BCUT2D eigenvalue weighted by molar-refractivity contribution is -0.160. The molecular formula is C34H40F6N8O3. The second kappa shape index (κ2) is 12.3. The molecule has 51 heavy (non-hydrogen) atoms. The van der Waals surface area contributed by atoms with Crippen molar-refractivity contribution in [2.45, 2.75) is 101 Å². The number of carbonyl (C=O) groups is 2. The zero-order valence-corrected chi connectivity index (χ0v) is 28.4. The number of esters is 2. The van der Waals surface area contributed by atoms with Crippen LogP contribution in [0.2, 0.25) is 0 Å². The van der Waals surface area contributed by atoms with Crippen LogP contribution in [0.5, 0.6) is 0 Å². The van der Waals surface area contributed by atoms with Crippen LogP contribution in [-0.4, -0.2) is 95.6 Å². The third-order valence-electron chi connectivity index (χ3n) is 11.6. The minimum atomic E-state index is -3.11. The number of hydrogen-bond acceptors (Lipinski definition) is 11. The first-order valence-corrected chi connectivity index (χ1v) is 17.8. The molecule has 0 N–H and O–H groups in total. The number of halogens is 6. The molecule has 0 spiro atoms. The quantitative estimate of drug-likeness (QED) is 0.216. The summed E-state index contributed by atoms with van der Waals surface area (Å²) in [4.78, 5) is 50.1. The number of carbonyl (C=O) groups excluding carboxylic acids is 2. The van der Waals surface area contributed by atoms with Gasteiger partial charge in [0.1, 0.15) is 35.4 Å². The van der Waals surface area contributed by atoms with Crippen LogP contribution in [0.4, 0.5) is 49.9 Å². The van der Waals surface area contributed by atoms with Gasteiger partial charge in [-0.2, -0.15) is 27.5 Å². The van der Waals surface area contributed by atoms with E-state index in [1.807, 2.05) is 9.80 Å². The third-order valence-corrected chi connectivity index (χ3v) is 11.6. The molecule has 0 radical (unpaired) electrons. The normalized spacial score (nSPS) is 30.3. The Bertz CT molecular complexity index is 1630. The van der Waals surface area contributed by atoms with Gasteiger partial charge in [-0.1, -0.05) is 0 Å². The number of rotatable bonds is 8. The Morgan fingerprint density at radius 3 is 1.47 bits per heavy atom. The van der Waals surface area contributed by atoms with E-state index in [4.69, 9.17) is 4.74 Å². The van der Waals surface area contributed by atoms with Gasteiger partial charge in [-0.25, -0.2) is 18.7 Å². The molecule has 2 aromatic heterocycles. The van der Waals surface area contributed by atoms with Crippen LogP contribution in [0.3, 0.4) is 0 Å². The lowest BCUT2D eigenvalue weighted by Gasteiger charge is -2.42. The van der Waals surface area contributed by atoms with Gasteiger partial charge in [0, 0.05) is 50.1 Å². The van der Waals surface area contributed by atoms with Crippen molar-refractivity contribution in [3.8, 4) is 0 Å². The molecule has 276 valence electrons. The van der Waals surface area contributed by atoms with Gasteiger partial charge in [0.05, 0.1) is 38.0 Å². The van der Waals surface area contributed by atoms with Crippen LogP contribution >= 0.6 is 0 Å². The highest BCUT2D eigenvalue weighted by Crippen LogP contribution is 2.47. The summed E-state index contributed by atoms with van der Waals surface area (Å²) >= 11 is 0. The van der Waals surface area contributed by atoms with Crippen LogP contribution in [0.25, 0.3) is 0 Å². The fourth-order valence-electron chi connectivity index (χ4n) is 8.29. The molecule has 6 aliphatic rings. The summed E-state index contributed by atoms with van der Waals surface area (Å²) in [5, 5.41) is 0. The molecule has 0 aromatic carbocycles. The average Bonchev–Trinajstić information content (AvgIpc) is 3.88. The van der Waals surface area contributed by atoms with Gasteiger partial charge in [0.2, 0.25) is 11.9 Å². The minimum Gasteiger partial charge on any atom is -0.393 e. The molecular weight excluding hydrogens is 682 g/mol. The molecule has 8 rings (SSSR count). The van der Waals surface area contributed by atoms with E-state index in [0.29, 0.717) is 61.8 Å². The zero-order chi connectivity index (χ0) is 36.0. The number of nitrogens with zero attached hydrogens (tertiary/aromatic N) is 8. The minimum absolute atomic E-state index is 0.0365. The van der Waals surface area contributed by atoms with Gasteiger partial charge in [0.15, 0.2) is 0 Å². The van der Waals surface area contributed by atoms with E-state index in [2.05, 4.69) is 19.9 Å². The zero-order valence-electron chi connectivity index (χ0n) is 28.4. The topological polar surface area (TPSA) is 108 Å². The van der Waals surface area contributed by atoms with Crippen LogP contribution in [0.15, 0.2) is 0 Å². The van der Waals surface area contributed by atoms with Crippen molar-refractivity contribution < 1.29 is 40.7 Å². The van der Waals surface area contributed by atoms with Crippen LogP contribution in [0, 0.1) is 11.8 Å². The van der Waals surface area contributed by atoms with Crippen molar-refractivity contribution in [3.05, 3.63) is 22.5 Å². The Labute approximate surface area is 290 Å². The van der Waals surface area contributed by atoms with Gasteiger partial charge < -0.3 is 24.3 Å². The van der Waals surface area contributed by atoms with E-state index in [0.717, 1.165) is 0 Å². The van der Waals surface area contributed by atoms with E-state index < -0.39 is 48.2 Å². The molecule has 2 aromatic rings. The number of fused-ring (bicyclic) bond motifs is 2. The predicted octanol–water partition coefficient (Wildman–Crippen LogP) is 4.64. The number of ether oxygens (including phenoxy) is 1. The lowest BCUT2D eigenvalue weighted by Crippen LogP contribution is -2.57. The molecule has 0 bridgehead atoms. The van der Waals surface area contributed by atoms with E-state index in [1.54, 1.807) is 23.6 Å². The first-order valence-electron chi connectivity index (χ1n) is 17.8. The van der Waals surface area contributed by atoms with Gasteiger partial charge in [0.25, 0.3) is 11.8 Å². The SMILES string of the molecule is C[C@H]1[C@@H](F)CN1c1nc(N2CC[C@H](CC(=O)OC(=O)C[C@@H]3CCN(c4nc(N5C[C@H](F)[C@@H]5C)nc5c4CCC5(F)F)C3)C2)c2c(n1)C(F)(F)CC2. The Hall–Kier alpha value is -3.92. The van der Waals surface area contributed by atoms with E-state index in [-0.39, 0.29) is 86.7 Å². The molecule has 4 fully saturated rings. The highest BCUT2D eigenvalue weighted by atomic mass is 19.3. The molecule has 4 aliphatic heterocycles. The summed E-state index contributed by atoms with van der Waals surface area (Å²) in [5.74, 6) is -7.05. The standard InChI is InChI=1S/C34H40F6N8O3/c1-17-23(35)15-47(17)31-41-27-21(3-7-33(27,37)38)29(43-31)45-9-5-19(13-45)11-25(49)51-26(50)12-20-6-10-46(14-20)30-22-4-8-34(39,40)28(22)42-32(44-30)48-16-24(36)18(48)2/h17-20,23-24H,3-16H2,1-2H3/t17-,18-,19-,20+,23-,24-/m0/s1. The molecule has 4 saturated heterocycles. The number of aromatic nitrogens is 4. The molecule has 0 amide bonds. The summed E-state index contributed by atoms with van der Waals surface area (Å²) in [6.07, 6.45) is -1.67. The first-order chi connectivity index (χ1) is 24.2. The Balaban J connectivity index is 0.874. The van der Waals surface area contributed by atoms with E-state index >= 15 is 0 Å². The number of hydrogen-bond donors (Lipinski definition) is 0. The fraction of sp³-hybridized carbons (Fsp3) is 0.706. The van der Waals surface area contributed by atoms with Crippen molar-refractivity contribution in [3.63, 3.8) is 0 Å². The Morgan fingerprint density at radius 1 is 0.686 bits per heavy atom. The summed E-state index contributed by atoms with van der Waals surface area (Å²) in [7, 11) is 0. The van der Waals surface area contributed by atoms with Gasteiger partial charge >= 0.3 is 11.9 Å². The highest BCUT2D eigenvalue weighted by molar-refractivity contribution is 5.85. The largest absolute Gasteiger partial charge is 0.393 e. The smallest absolute Gasteiger partial charge is 0.313 e. The molecule has 0 unspecified atom stereocenters. The van der Waals surface area contributed by atoms with E-state index in [1.165, 1.54) is 0 Å². The van der Waals surface area contributed by atoms with E-state index in [9.17, 15) is 35.9 Å². The summed E-state index contributed by atoms with van der Waals surface area (Å²) < 4.78 is 92.2. The fourth-order valence-corrected chi connectivity index (χ4v) is 8.29. The number of anilines is 4. The Kier molecular flexibility index (Phi) is 8.28. The monoisotopic (exact) mass is 722 g/mol. The maximum Gasteiger partial charge on any atom is 0.313 e. The number of alkyl halides is 6. The Morgan fingerprint density at radius 2 is 1.10 bits per heavy atom. The summed E-state index contributed by atoms with van der Waals surface area (Å²) in [6.45, 7) is 5.02. The maximum atomic E-state index is 14.8. The molecule has 11 nitrogen and oxygen atoms in total. The predicted molar refractivity (Wildman–Crippen MR) is 173 cm³/mol. The molecule has 0 saturated carbocycles. The van der Waals surface area contributed by atoms with Crippen LogP contribution in [0.1, 0.15) is 74.9 Å². The molecule has 6 atom stereocenters. The van der Waals surface area contributed by atoms with Crippen molar-refractivity contribution in [1.82, 2.24) is 19.9 Å². The van der Waals surface area contributed by atoms with Crippen molar-refractivity contribution in [2.75, 3.05) is 58.9 Å². The second-order valence-corrected chi connectivity index (χ2v) is 15.0. The van der Waals surface area contributed by atoms with Crippen molar-refractivity contribution in [2.24, 2.45) is 11.8 Å². The lowest BCUT2D eigenvalue weighted by atomic mass is 10.0. The molecule has 6 heterocycles. The summed E-state index contributed by atoms with van der Waals surface area (Å²) in [5.41, 5.74) is 0.106. The van der Waals surface area contributed by atoms with Crippen molar-refractivity contribution in [1.29, 1.82) is 0 Å². The summed E-state index contributed by atoms with van der Waals surface area (Å²) in [6, 6.07) is -1.03. The average molecular weight is 723 g/mol. The molecule has 2 aliphatic carbocycles. The highest BCUT2D eigenvalue weighted by Gasteiger charge is 2.48. The first kappa shape index (κ1) is 34.2. The van der Waals surface area contributed by atoms with Crippen molar-refractivity contribution >= 4 is 35.5 Å². The van der Waals surface area contributed by atoms with Gasteiger partial charge in [-0.05, 0) is 51.4 Å². The van der Waals surface area contributed by atoms with Crippen LogP contribution in [-0.2, 0) is 39.0 Å². The molecule has 17 heteroatoms. The van der Waals surface area contributed by atoms with Gasteiger partial charge in [-0.15, -0.1) is 0 Å². The van der Waals surface area contributed by atoms with Crippen LogP contribution < -0.4 is 19.6 Å². The van der Waals surface area contributed by atoms with Gasteiger partial charge in [-0.3, -0.25) is 9.59 Å². The second-order valence-electron chi connectivity index (χ2n) is 15.0.